The van der Waals surface area contributed by atoms with Crippen LogP contribution in [0.25, 0.3) is 22.2 Å². The molecule has 0 aliphatic carbocycles. The van der Waals surface area contributed by atoms with Gasteiger partial charge in [0.1, 0.15) is 11.5 Å². The summed E-state index contributed by atoms with van der Waals surface area (Å²) in [5.41, 5.74) is 5.13. The topological polar surface area (TPSA) is 114 Å². The maximum absolute atomic E-state index is 14.4. The highest BCUT2D eigenvalue weighted by molar-refractivity contribution is 5.99. The van der Waals surface area contributed by atoms with E-state index in [1.807, 2.05) is 0 Å². The zero-order chi connectivity index (χ0) is 21.6. The van der Waals surface area contributed by atoms with Crippen LogP contribution in [0, 0.1) is 17.7 Å². The van der Waals surface area contributed by atoms with Crippen LogP contribution in [0.2, 0.25) is 0 Å². The van der Waals surface area contributed by atoms with Gasteiger partial charge in [-0.3, -0.25) is 14.3 Å². The average molecular weight is 407 g/mol. The number of amides is 2. The molecule has 30 heavy (non-hydrogen) atoms. The lowest BCUT2D eigenvalue weighted by molar-refractivity contribution is -0.137. The van der Waals surface area contributed by atoms with Crippen molar-refractivity contribution in [2.75, 3.05) is 13.6 Å². The molecule has 1 aliphatic rings. The Kier molecular flexibility index (Phi) is 4.51. The lowest BCUT2D eigenvalue weighted by atomic mass is 10.0. The predicted octanol–water partition coefficient (Wildman–Crippen LogP) is 0.818. The van der Waals surface area contributed by atoms with Crippen molar-refractivity contribution in [3.05, 3.63) is 47.5 Å². The minimum atomic E-state index is -1.84. The van der Waals surface area contributed by atoms with E-state index in [-0.39, 0.29) is 17.7 Å². The first-order valence-corrected chi connectivity index (χ1v) is 9.13. The predicted molar refractivity (Wildman–Crippen MR) is 107 cm³/mol. The number of nitrogens with two attached hydrogens (primary N) is 1. The molecule has 2 aromatic heterocycles. The summed E-state index contributed by atoms with van der Waals surface area (Å²) in [7, 11) is 3.29. The first-order chi connectivity index (χ1) is 14.2. The number of aromatic nitrogens is 3. The number of likely N-dealkylation sites (N-methyl/N-ethyl adjacent to an activating group) is 1. The summed E-state index contributed by atoms with van der Waals surface area (Å²) in [5, 5.41) is 15.3. The molecule has 1 fully saturated rings. The third-order valence-electron chi connectivity index (χ3n) is 5.15. The van der Waals surface area contributed by atoms with E-state index in [2.05, 4.69) is 21.9 Å². The number of likely N-dealkylation sites (tertiary alicyclic amines) is 1. The van der Waals surface area contributed by atoms with Crippen LogP contribution in [-0.4, -0.2) is 55.8 Å². The summed E-state index contributed by atoms with van der Waals surface area (Å²) in [6.07, 6.45) is 1.74. The number of carbonyl (C=O) groups excluding carboxylic acids is 2. The van der Waals surface area contributed by atoms with Crippen molar-refractivity contribution in [1.82, 2.24) is 19.7 Å². The van der Waals surface area contributed by atoms with Gasteiger partial charge in [-0.2, -0.15) is 5.10 Å². The molecule has 1 aliphatic heterocycles. The van der Waals surface area contributed by atoms with Gasteiger partial charge < -0.3 is 15.7 Å². The van der Waals surface area contributed by atoms with Gasteiger partial charge in [0.2, 0.25) is 5.60 Å². The van der Waals surface area contributed by atoms with Gasteiger partial charge in [0.05, 0.1) is 23.0 Å². The van der Waals surface area contributed by atoms with Crippen molar-refractivity contribution in [2.24, 2.45) is 12.8 Å². The maximum Gasteiger partial charge on any atom is 0.267 e. The maximum atomic E-state index is 14.4. The third kappa shape index (κ3) is 3.17. The molecule has 0 radical (unpaired) electrons. The summed E-state index contributed by atoms with van der Waals surface area (Å²) >= 11 is 0. The summed E-state index contributed by atoms with van der Waals surface area (Å²) < 4.78 is 16.0. The monoisotopic (exact) mass is 407 g/mol. The normalized spacial score (nSPS) is 18.5. The molecule has 3 N–H and O–H groups in total. The molecule has 1 unspecified atom stereocenters. The minimum Gasteiger partial charge on any atom is -0.369 e. The molecule has 1 atom stereocenters. The number of pyridine rings is 1. The van der Waals surface area contributed by atoms with Crippen molar-refractivity contribution in [3.8, 4) is 23.1 Å². The van der Waals surface area contributed by atoms with Gasteiger partial charge in [-0.05, 0) is 24.3 Å². The van der Waals surface area contributed by atoms with Crippen LogP contribution in [0.15, 0.2) is 30.5 Å². The van der Waals surface area contributed by atoms with E-state index in [0.29, 0.717) is 28.7 Å². The lowest BCUT2D eigenvalue weighted by Crippen LogP contribution is -2.37. The third-order valence-corrected chi connectivity index (χ3v) is 5.15. The van der Waals surface area contributed by atoms with E-state index >= 15 is 0 Å². The molecular formula is C21H18FN5O3. The molecule has 3 aromatic rings. The fourth-order valence-electron chi connectivity index (χ4n) is 3.40. The van der Waals surface area contributed by atoms with Gasteiger partial charge in [-0.1, -0.05) is 11.8 Å². The molecular weight excluding hydrogens is 389 g/mol. The Morgan fingerprint density at radius 1 is 1.33 bits per heavy atom. The summed E-state index contributed by atoms with van der Waals surface area (Å²) in [6.45, 7) is 0.370. The number of halogens is 1. The van der Waals surface area contributed by atoms with E-state index in [4.69, 9.17) is 5.73 Å². The van der Waals surface area contributed by atoms with Gasteiger partial charge in [-0.15, -0.1) is 0 Å². The highest BCUT2D eigenvalue weighted by Gasteiger charge is 2.42. The standard InChI is InChI=1S/C21H18FN5O3/c1-26-8-7-21(30,20(26)29)6-5-12-9-13(3-4-15(12)22)18-14-11-24-27(2)17(14)10-16(25-18)19(23)28/h3-4,9-11,30H,7-8H2,1-2H3,(H2,23,28). The Morgan fingerprint density at radius 2 is 2.10 bits per heavy atom. The van der Waals surface area contributed by atoms with Gasteiger partial charge in [0, 0.05) is 38.0 Å². The SMILES string of the molecule is CN1CCC(O)(C#Cc2cc(-c3nc(C(N)=O)cc4c3cnn4C)ccc2F)C1=O. The Bertz CT molecular complexity index is 1270. The van der Waals surface area contributed by atoms with Crippen LogP contribution in [0.3, 0.4) is 0 Å². The van der Waals surface area contributed by atoms with E-state index < -0.39 is 23.2 Å². The molecule has 2 amide bonds. The summed E-state index contributed by atoms with van der Waals surface area (Å²) in [4.78, 5) is 29.5. The number of primary amides is 1. The van der Waals surface area contributed by atoms with Crippen LogP contribution in [0.4, 0.5) is 4.39 Å². The molecule has 152 valence electrons. The van der Waals surface area contributed by atoms with Crippen molar-refractivity contribution in [2.45, 2.75) is 12.0 Å². The number of benzene rings is 1. The number of nitrogens with zero attached hydrogens (tertiary/aromatic N) is 4. The van der Waals surface area contributed by atoms with Crippen molar-refractivity contribution in [1.29, 1.82) is 0 Å². The Labute approximate surface area is 171 Å². The van der Waals surface area contributed by atoms with Crippen molar-refractivity contribution in [3.63, 3.8) is 0 Å². The van der Waals surface area contributed by atoms with E-state index in [0.717, 1.165) is 0 Å². The van der Waals surface area contributed by atoms with Gasteiger partial charge in [0.25, 0.3) is 11.8 Å². The molecule has 1 aromatic carbocycles. The van der Waals surface area contributed by atoms with E-state index in [9.17, 15) is 19.1 Å². The smallest absolute Gasteiger partial charge is 0.267 e. The fourth-order valence-corrected chi connectivity index (χ4v) is 3.40. The minimum absolute atomic E-state index is 0.00778. The number of hydrogen-bond donors (Lipinski definition) is 2. The van der Waals surface area contributed by atoms with Crippen LogP contribution in [0.1, 0.15) is 22.5 Å². The zero-order valence-corrected chi connectivity index (χ0v) is 16.3. The molecule has 0 bridgehead atoms. The van der Waals surface area contributed by atoms with E-state index in [1.54, 1.807) is 25.0 Å². The van der Waals surface area contributed by atoms with Gasteiger partial charge in [-0.25, -0.2) is 9.37 Å². The van der Waals surface area contributed by atoms with Gasteiger partial charge in [0.15, 0.2) is 0 Å². The number of carbonyl (C=O) groups is 2. The second kappa shape index (κ2) is 6.93. The van der Waals surface area contributed by atoms with Crippen molar-refractivity contribution < 1.29 is 19.1 Å². The summed E-state index contributed by atoms with van der Waals surface area (Å²) in [6, 6.07) is 5.71. The van der Waals surface area contributed by atoms with Gasteiger partial charge >= 0.3 is 0 Å². The molecule has 3 heterocycles. The first-order valence-electron chi connectivity index (χ1n) is 9.13. The average Bonchev–Trinajstić information content (AvgIpc) is 3.22. The molecule has 1 saturated heterocycles. The molecule has 0 saturated carbocycles. The number of hydrogen-bond acceptors (Lipinski definition) is 5. The second-order valence-corrected chi connectivity index (χ2v) is 7.20. The highest BCUT2D eigenvalue weighted by Crippen LogP contribution is 2.29. The fraction of sp³-hybridized carbons (Fsp3) is 0.238. The molecule has 9 heteroatoms. The first kappa shape index (κ1) is 19.5. The van der Waals surface area contributed by atoms with E-state index in [1.165, 1.54) is 29.2 Å². The second-order valence-electron chi connectivity index (χ2n) is 7.20. The Balaban J connectivity index is 1.83. The van der Waals surface area contributed by atoms with Crippen molar-refractivity contribution >= 4 is 22.7 Å². The number of fused-ring (bicyclic) bond motifs is 1. The Morgan fingerprint density at radius 3 is 2.77 bits per heavy atom. The van der Waals surface area contributed by atoms with Crippen LogP contribution >= 0.6 is 0 Å². The molecule has 0 spiro atoms. The molecule has 8 nitrogen and oxygen atoms in total. The quantitative estimate of drug-likeness (QED) is 0.611. The number of rotatable bonds is 2. The number of aliphatic hydroxyl groups is 1. The van der Waals surface area contributed by atoms with Crippen LogP contribution in [-0.2, 0) is 11.8 Å². The van der Waals surface area contributed by atoms with Crippen LogP contribution < -0.4 is 5.73 Å². The summed E-state index contributed by atoms with van der Waals surface area (Å²) in [5.74, 6) is 3.27. The zero-order valence-electron chi connectivity index (χ0n) is 16.3. The highest BCUT2D eigenvalue weighted by atomic mass is 19.1. The number of aryl methyl sites for hydroxylation is 1. The Hall–Kier alpha value is -3.77. The lowest BCUT2D eigenvalue weighted by Gasteiger charge is -2.13. The molecule has 4 rings (SSSR count). The largest absolute Gasteiger partial charge is 0.369 e. The van der Waals surface area contributed by atoms with Crippen LogP contribution in [0.5, 0.6) is 0 Å².